The van der Waals surface area contributed by atoms with Crippen molar-refractivity contribution in [3.8, 4) is 0 Å². The van der Waals surface area contributed by atoms with Gasteiger partial charge in [-0.2, -0.15) is 0 Å². The highest BCUT2D eigenvalue weighted by molar-refractivity contribution is 7.90. The Morgan fingerprint density at radius 2 is 1.68 bits per heavy atom. The molecule has 1 saturated heterocycles. The lowest BCUT2D eigenvalue weighted by Gasteiger charge is -2.29. The van der Waals surface area contributed by atoms with Crippen molar-refractivity contribution < 1.29 is 13.2 Å². The van der Waals surface area contributed by atoms with Gasteiger partial charge in [0.05, 0.1) is 5.75 Å². The van der Waals surface area contributed by atoms with Crippen LogP contribution in [0.15, 0.2) is 6.07 Å². The second-order valence-corrected chi connectivity index (χ2v) is 10.5. The molecule has 154 valence electrons. The number of hydrogen-bond donors (Lipinski definition) is 2. The number of nitrogens with one attached hydrogen (secondary N) is 2. The minimum Gasteiger partial charge on any atom is -0.307 e. The largest absolute Gasteiger partial charge is 0.332 e. The molecule has 1 aromatic carbocycles. The Morgan fingerprint density at radius 3 is 2.29 bits per heavy atom. The van der Waals surface area contributed by atoms with Gasteiger partial charge < -0.3 is 10.2 Å². The molecule has 2 N–H and O–H groups in total. The fourth-order valence-electron chi connectivity index (χ4n) is 4.83. The second kappa shape index (κ2) is 8.03. The molecule has 0 spiro atoms. The second-order valence-electron chi connectivity index (χ2n) is 8.63. The number of aryl methyl sites for hydroxylation is 2. The molecule has 4 rings (SSSR count). The highest BCUT2D eigenvalue weighted by atomic mass is 32.2. The maximum absolute atomic E-state index is 12.5. The quantitative estimate of drug-likeness (QED) is 0.790. The molecule has 0 bridgehead atoms. The summed E-state index contributed by atoms with van der Waals surface area (Å²) in [4.78, 5) is 14.7. The number of urea groups is 1. The van der Waals surface area contributed by atoms with Crippen molar-refractivity contribution in [2.75, 3.05) is 30.7 Å². The normalized spacial score (nSPS) is 20.0. The number of carbonyl (C=O) groups is 1. The number of piperidine rings is 1. The molecule has 6 nitrogen and oxygen atoms in total. The number of fused-ring (bicyclic) bond motifs is 2. The van der Waals surface area contributed by atoms with E-state index in [0.29, 0.717) is 12.5 Å². The van der Waals surface area contributed by atoms with Crippen molar-refractivity contribution in [2.45, 2.75) is 58.3 Å². The van der Waals surface area contributed by atoms with E-state index in [1.54, 1.807) is 0 Å². The third-order valence-electron chi connectivity index (χ3n) is 6.51. The van der Waals surface area contributed by atoms with Crippen LogP contribution in [-0.4, -0.2) is 44.7 Å². The first-order valence-corrected chi connectivity index (χ1v) is 12.3. The standard InChI is InChI=1S/C21H31N3O3S/c1-15-8-10-24(11-9-15)12-13-28(26,27)23-21(25)22-20-18-6-2-4-16(18)14-17-5-3-7-19(17)20/h14-15H,2-13H2,1H3,(H2,22,23,25). The third-order valence-corrected chi connectivity index (χ3v) is 7.73. The van der Waals surface area contributed by atoms with Crippen molar-refractivity contribution in [1.82, 2.24) is 9.62 Å². The van der Waals surface area contributed by atoms with Gasteiger partial charge in [-0.15, -0.1) is 0 Å². The van der Waals surface area contributed by atoms with Crippen molar-refractivity contribution >= 4 is 21.7 Å². The summed E-state index contributed by atoms with van der Waals surface area (Å²) in [6.45, 7) is 4.58. The molecule has 7 heteroatoms. The highest BCUT2D eigenvalue weighted by Gasteiger charge is 2.26. The predicted octanol–water partition coefficient (Wildman–Crippen LogP) is 2.85. The lowest BCUT2D eigenvalue weighted by Crippen LogP contribution is -2.41. The molecule has 1 fully saturated rings. The minimum absolute atomic E-state index is 0.0419. The van der Waals surface area contributed by atoms with E-state index in [1.807, 2.05) is 0 Å². The van der Waals surface area contributed by atoms with Gasteiger partial charge in [-0.25, -0.2) is 17.9 Å². The number of amides is 2. The Bertz CT molecular complexity index is 826. The van der Waals surface area contributed by atoms with Gasteiger partial charge in [0, 0.05) is 12.2 Å². The SMILES string of the molecule is CC1CCN(CCS(=O)(=O)NC(=O)Nc2c3c(cc4c2CCC4)CCC3)CC1. The Balaban J connectivity index is 1.38. The molecular formula is C21H31N3O3S. The Morgan fingerprint density at radius 1 is 1.07 bits per heavy atom. The molecule has 2 aliphatic carbocycles. The molecule has 1 heterocycles. The van der Waals surface area contributed by atoms with Crippen LogP contribution in [0.4, 0.5) is 10.5 Å². The van der Waals surface area contributed by atoms with Gasteiger partial charge in [-0.05, 0) is 92.6 Å². The maximum Gasteiger partial charge on any atom is 0.332 e. The molecule has 28 heavy (non-hydrogen) atoms. The number of anilines is 1. The minimum atomic E-state index is -3.65. The molecule has 0 radical (unpaired) electrons. The summed E-state index contributed by atoms with van der Waals surface area (Å²) < 4.78 is 27.0. The van der Waals surface area contributed by atoms with Crippen LogP contribution < -0.4 is 10.0 Å². The van der Waals surface area contributed by atoms with Crippen LogP contribution in [0.1, 0.15) is 54.9 Å². The first-order valence-electron chi connectivity index (χ1n) is 10.6. The maximum atomic E-state index is 12.5. The number of carbonyl (C=O) groups excluding carboxylic acids is 1. The van der Waals surface area contributed by atoms with Crippen molar-refractivity contribution in [1.29, 1.82) is 0 Å². The van der Waals surface area contributed by atoms with Gasteiger partial charge in [0.2, 0.25) is 10.0 Å². The summed E-state index contributed by atoms with van der Waals surface area (Å²) in [5, 5.41) is 2.90. The van der Waals surface area contributed by atoms with Crippen LogP contribution in [0.5, 0.6) is 0 Å². The number of hydrogen-bond acceptors (Lipinski definition) is 4. The van der Waals surface area contributed by atoms with Crippen molar-refractivity contribution in [3.63, 3.8) is 0 Å². The Kier molecular flexibility index (Phi) is 5.65. The molecular weight excluding hydrogens is 374 g/mol. The number of benzene rings is 1. The first kappa shape index (κ1) is 19.7. The smallest absolute Gasteiger partial charge is 0.307 e. The predicted molar refractivity (Wildman–Crippen MR) is 111 cm³/mol. The van der Waals surface area contributed by atoms with E-state index in [2.05, 4.69) is 27.9 Å². The van der Waals surface area contributed by atoms with E-state index in [4.69, 9.17) is 0 Å². The molecule has 0 saturated carbocycles. The van der Waals surface area contributed by atoms with Crippen LogP contribution in [0, 0.1) is 5.92 Å². The van der Waals surface area contributed by atoms with E-state index in [9.17, 15) is 13.2 Å². The fraction of sp³-hybridized carbons (Fsp3) is 0.667. The van der Waals surface area contributed by atoms with Crippen LogP contribution >= 0.6 is 0 Å². The topological polar surface area (TPSA) is 78.5 Å². The van der Waals surface area contributed by atoms with E-state index < -0.39 is 16.1 Å². The lowest BCUT2D eigenvalue weighted by atomic mass is 9.99. The van der Waals surface area contributed by atoms with Gasteiger partial charge in [-0.1, -0.05) is 13.0 Å². The summed E-state index contributed by atoms with van der Waals surface area (Å²) in [7, 11) is -3.65. The zero-order valence-electron chi connectivity index (χ0n) is 16.7. The number of rotatable bonds is 5. The molecule has 0 unspecified atom stereocenters. The average Bonchev–Trinajstić information content (AvgIpc) is 3.29. The van der Waals surface area contributed by atoms with Crippen LogP contribution in [-0.2, 0) is 35.7 Å². The molecule has 1 aromatic rings. The monoisotopic (exact) mass is 405 g/mol. The van der Waals surface area contributed by atoms with Gasteiger partial charge in [0.25, 0.3) is 0 Å². The van der Waals surface area contributed by atoms with Crippen LogP contribution in [0.25, 0.3) is 0 Å². The Labute approximate surface area is 168 Å². The molecule has 3 aliphatic rings. The van der Waals surface area contributed by atoms with Gasteiger partial charge in [-0.3, -0.25) is 0 Å². The first-order chi connectivity index (χ1) is 13.4. The van der Waals surface area contributed by atoms with Crippen molar-refractivity contribution in [2.24, 2.45) is 5.92 Å². The number of likely N-dealkylation sites (tertiary alicyclic amines) is 1. The van der Waals surface area contributed by atoms with E-state index in [1.165, 1.54) is 22.3 Å². The summed E-state index contributed by atoms with van der Waals surface area (Å²) in [6, 6.07) is 1.67. The van der Waals surface area contributed by atoms with Crippen LogP contribution in [0.2, 0.25) is 0 Å². The summed E-state index contributed by atoms with van der Waals surface area (Å²) in [5.41, 5.74) is 5.92. The third kappa shape index (κ3) is 4.35. The zero-order chi connectivity index (χ0) is 19.7. The van der Waals surface area contributed by atoms with E-state index in [-0.39, 0.29) is 5.75 Å². The number of nitrogens with zero attached hydrogens (tertiary/aromatic N) is 1. The summed E-state index contributed by atoms with van der Waals surface area (Å²) in [6.07, 6.45) is 8.42. The summed E-state index contributed by atoms with van der Waals surface area (Å²) in [5.74, 6) is 0.672. The van der Waals surface area contributed by atoms with Crippen molar-refractivity contribution in [3.05, 3.63) is 28.3 Å². The van der Waals surface area contributed by atoms with Gasteiger partial charge in [0.1, 0.15) is 0 Å². The van der Waals surface area contributed by atoms with E-state index in [0.717, 1.165) is 70.1 Å². The molecule has 2 amide bonds. The van der Waals surface area contributed by atoms with Gasteiger partial charge in [0.15, 0.2) is 0 Å². The highest BCUT2D eigenvalue weighted by Crippen LogP contribution is 2.38. The average molecular weight is 406 g/mol. The molecule has 0 atom stereocenters. The Hall–Kier alpha value is -1.60. The number of sulfonamides is 1. The lowest BCUT2D eigenvalue weighted by molar-refractivity contribution is 0.202. The van der Waals surface area contributed by atoms with Gasteiger partial charge >= 0.3 is 6.03 Å². The van der Waals surface area contributed by atoms with Crippen LogP contribution in [0.3, 0.4) is 0 Å². The summed E-state index contributed by atoms with van der Waals surface area (Å²) >= 11 is 0. The molecule has 1 aliphatic heterocycles. The molecule has 0 aromatic heterocycles. The fourth-order valence-corrected chi connectivity index (χ4v) is 5.77. The van der Waals surface area contributed by atoms with E-state index >= 15 is 0 Å². The zero-order valence-corrected chi connectivity index (χ0v) is 17.5.